The Hall–Kier alpha value is -1.98. The number of benzene rings is 2. The highest BCUT2D eigenvalue weighted by Crippen LogP contribution is 2.45. The summed E-state index contributed by atoms with van der Waals surface area (Å²) in [6.07, 6.45) is -0.575. The molecule has 1 saturated heterocycles. The molecule has 2 aromatic carbocycles. The summed E-state index contributed by atoms with van der Waals surface area (Å²) in [7, 11) is 0. The Balaban J connectivity index is 1.64. The Morgan fingerprint density at radius 2 is 1.86 bits per heavy atom. The van der Waals surface area contributed by atoms with Gasteiger partial charge in [-0.1, -0.05) is 23.7 Å². The molecule has 2 atom stereocenters. The van der Waals surface area contributed by atoms with Gasteiger partial charge in [-0.15, -0.1) is 0 Å². The largest absolute Gasteiger partial charge is 0.416 e. The lowest BCUT2D eigenvalue weighted by Gasteiger charge is -2.24. The zero-order valence-electron chi connectivity index (χ0n) is 16.1. The van der Waals surface area contributed by atoms with Crippen molar-refractivity contribution < 1.29 is 13.2 Å². The number of fused-ring (bicyclic) bond motifs is 6. The number of nitrogens with one attached hydrogen (secondary N) is 1. The summed E-state index contributed by atoms with van der Waals surface area (Å²) in [6, 6.07) is 11.3. The topological polar surface area (TPSA) is 17.0 Å². The van der Waals surface area contributed by atoms with Crippen LogP contribution in [0.4, 0.5) is 13.2 Å². The molecule has 2 unspecified atom stereocenters. The zero-order valence-corrected chi connectivity index (χ0v) is 16.9. The highest BCUT2D eigenvalue weighted by Gasteiger charge is 2.39. The van der Waals surface area contributed by atoms with Gasteiger partial charge in [0.05, 0.1) is 5.56 Å². The number of rotatable bonds is 3. The van der Waals surface area contributed by atoms with Crippen LogP contribution in [0.5, 0.6) is 0 Å². The molecule has 2 aliphatic heterocycles. The number of nitrogens with zero attached hydrogens (tertiary/aromatic N) is 1. The first kappa shape index (κ1) is 19.0. The summed E-state index contributed by atoms with van der Waals surface area (Å²) in [5.74, 6) is 0. The van der Waals surface area contributed by atoms with Gasteiger partial charge in [0.1, 0.15) is 0 Å². The molecule has 2 aliphatic rings. The fraction of sp³-hybridized carbons (Fsp3) is 0.391. The van der Waals surface area contributed by atoms with Crippen LogP contribution in [0.1, 0.15) is 46.8 Å². The third kappa shape index (κ3) is 3.15. The van der Waals surface area contributed by atoms with Gasteiger partial charge in [-0.25, -0.2) is 0 Å². The second kappa shape index (κ2) is 6.78. The van der Waals surface area contributed by atoms with Crippen LogP contribution < -0.4 is 5.32 Å². The molecule has 3 aromatic rings. The molecule has 5 rings (SSSR count). The van der Waals surface area contributed by atoms with Crippen LogP contribution in [0.3, 0.4) is 0 Å². The van der Waals surface area contributed by atoms with Crippen molar-refractivity contribution in [2.24, 2.45) is 0 Å². The van der Waals surface area contributed by atoms with Gasteiger partial charge in [-0.3, -0.25) is 0 Å². The highest BCUT2D eigenvalue weighted by molar-refractivity contribution is 6.30. The third-order valence-electron chi connectivity index (χ3n) is 6.51. The Labute approximate surface area is 172 Å². The average Bonchev–Trinajstić information content (AvgIpc) is 3.20. The molecule has 152 valence electrons. The summed E-state index contributed by atoms with van der Waals surface area (Å²) in [5, 5.41) is 5.11. The molecule has 6 heteroatoms. The third-order valence-corrected chi connectivity index (χ3v) is 6.76. The van der Waals surface area contributed by atoms with Crippen molar-refractivity contribution in [2.45, 2.75) is 57.4 Å². The normalized spacial score (nSPS) is 21.0. The fourth-order valence-corrected chi connectivity index (χ4v) is 5.31. The molecule has 0 amide bonds. The first-order valence-electron chi connectivity index (χ1n) is 10.0. The quantitative estimate of drug-likeness (QED) is 0.534. The minimum atomic E-state index is -4.34. The maximum Gasteiger partial charge on any atom is 0.416 e. The summed E-state index contributed by atoms with van der Waals surface area (Å²) < 4.78 is 43.0. The predicted molar refractivity (Wildman–Crippen MR) is 109 cm³/mol. The fourth-order valence-electron chi connectivity index (χ4n) is 5.19. The molecule has 0 spiro atoms. The van der Waals surface area contributed by atoms with Crippen LogP contribution in [-0.4, -0.2) is 10.6 Å². The molecule has 0 radical (unpaired) electrons. The summed E-state index contributed by atoms with van der Waals surface area (Å²) in [6.45, 7) is 2.37. The number of alkyl halides is 3. The average molecular weight is 419 g/mol. The molecule has 0 saturated carbocycles. The second-order valence-electron chi connectivity index (χ2n) is 8.22. The SMILES string of the molecule is Cc1c(C(F)(F)F)ccc2c1c1c(n2CCc2ccc(Cl)cc2)CC2CCC1N2. The molecule has 0 aliphatic carbocycles. The lowest BCUT2D eigenvalue weighted by Crippen LogP contribution is -2.32. The van der Waals surface area contributed by atoms with E-state index in [1.807, 2.05) is 24.3 Å². The minimum absolute atomic E-state index is 0.158. The van der Waals surface area contributed by atoms with E-state index >= 15 is 0 Å². The molecular weight excluding hydrogens is 397 g/mol. The van der Waals surface area contributed by atoms with E-state index < -0.39 is 11.7 Å². The van der Waals surface area contributed by atoms with Gasteiger partial charge in [-0.05, 0) is 67.1 Å². The van der Waals surface area contributed by atoms with Crippen LogP contribution in [0.25, 0.3) is 10.9 Å². The molecule has 1 fully saturated rings. The molecule has 3 heterocycles. The minimum Gasteiger partial charge on any atom is -0.344 e. The van der Waals surface area contributed by atoms with Gasteiger partial charge >= 0.3 is 6.18 Å². The monoisotopic (exact) mass is 418 g/mol. The van der Waals surface area contributed by atoms with E-state index in [0.29, 0.717) is 16.6 Å². The Kier molecular flexibility index (Phi) is 4.44. The van der Waals surface area contributed by atoms with Crippen LogP contribution in [-0.2, 0) is 25.6 Å². The summed E-state index contributed by atoms with van der Waals surface area (Å²) in [4.78, 5) is 0. The molecule has 29 heavy (non-hydrogen) atoms. The van der Waals surface area contributed by atoms with E-state index in [1.54, 1.807) is 13.0 Å². The van der Waals surface area contributed by atoms with Gasteiger partial charge in [0.15, 0.2) is 0 Å². The van der Waals surface area contributed by atoms with Crippen molar-refractivity contribution in [3.63, 3.8) is 0 Å². The van der Waals surface area contributed by atoms with E-state index in [4.69, 9.17) is 11.6 Å². The number of hydrogen-bond acceptors (Lipinski definition) is 1. The molecular formula is C23H22ClF3N2. The molecule has 2 bridgehead atoms. The maximum atomic E-state index is 13.6. The molecule has 1 aromatic heterocycles. The number of aryl methyl sites for hydroxylation is 3. The maximum absolute atomic E-state index is 13.6. The number of aromatic nitrogens is 1. The standard InChI is InChI=1S/C23H22ClF3N2/c1-13-17(23(25,26)27)7-9-19-21(13)22-18-8-6-16(28-18)12-20(22)29(19)11-10-14-2-4-15(24)5-3-14/h2-5,7,9,16,18,28H,6,8,10-12H2,1H3. The van der Waals surface area contributed by atoms with Gasteiger partial charge < -0.3 is 9.88 Å². The van der Waals surface area contributed by atoms with Crippen molar-refractivity contribution in [1.29, 1.82) is 0 Å². The van der Waals surface area contributed by atoms with Gasteiger partial charge in [0, 0.05) is 46.7 Å². The van der Waals surface area contributed by atoms with Crippen LogP contribution >= 0.6 is 11.6 Å². The van der Waals surface area contributed by atoms with Crippen LogP contribution in [0, 0.1) is 6.92 Å². The molecule has 2 nitrogen and oxygen atoms in total. The number of hydrogen-bond donors (Lipinski definition) is 1. The second-order valence-corrected chi connectivity index (χ2v) is 8.65. The lowest BCUT2D eigenvalue weighted by molar-refractivity contribution is -0.137. The van der Waals surface area contributed by atoms with E-state index in [2.05, 4.69) is 9.88 Å². The van der Waals surface area contributed by atoms with Crippen molar-refractivity contribution >= 4 is 22.5 Å². The Morgan fingerprint density at radius 3 is 2.59 bits per heavy atom. The zero-order chi connectivity index (χ0) is 20.3. The number of halogens is 4. The first-order chi connectivity index (χ1) is 13.8. The van der Waals surface area contributed by atoms with E-state index in [0.717, 1.165) is 48.7 Å². The first-order valence-corrected chi connectivity index (χ1v) is 10.4. The van der Waals surface area contributed by atoms with E-state index in [1.165, 1.54) is 17.3 Å². The molecule has 1 N–H and O–H groups in total. The van der Waals surface area contributed by atoms with Crippen molar-refractivity contribution in [3.05, 3.63) is 69.4 Å². The van der Waals surface area contributed by atoms with Crippen molar-refractivity contribution in [2.75, 3.05) is 0 Å². The summed E-state index contributed by atoms with van der Waals surface area (Å²) >= 11 is 5.99. The van der Waals surface area contributed by atoms with E-state index in [-0.39, 0.29) is 6.04 Å². The van der Waals surface area contributed by atoms with Crippen LogP contribution in [0.2, 0.25) is 5.02 Å². The Bertz CT molecular complexity index is 1080. The van der Waals surface area contributed by atoms with Crippen molar-refractivity contribution in [3.8, 4) is 0 Å². The van der Waals surface area contributed by atoms with E-state index in [9.17, 15) is 13.2 Å². The van der Waals surface area contributed by atoms with Crippen LogP contribution in [0.15, 0.2) is 36.4 Å². The van der Waals surface area contributed by atoms with Gasteiger partial charge in [-0.2, -0.15) is 13.2 Å². The van der Waals surface area contributed by atoms with Crippen molar-refractivity contribution in [1.82, 2.24) is 9.88 Å². The predicted octanol–water partition coefficient (Wildman–Crippen LogP) is 6.21. The lowest BCUT2D eigenvalue weighted by atomic mass is 9.94. The van der Waals surface area contributed by atoms with Gasteiger partial charge in [0.25, 0.3) is 0 Å². The smallest absolute Gasteiger partial charge is 0.344 e. The Morgan fingerprint density at radius 1 is 1.10 bits per heavy atom. The summed E-state index contributed by atoms with van der Waals surface area (Å²) in [5.41, 5.74) is 4.22. The van der Waals surface area contributed by atoms with Gasteiger partial charge in [0.2, 0.25) is 0 Å². The highest BCUT2D eigenvalue weighted by atomic mass is 35.5.